The lowest BCUT2D eigenvalue weighted by Gasteiger charge is -2.13. The summed E-state index contributed by atoms with van der Waals surface area (Å²) in [5.74, 6) is 0.796. The molecule has 0 aromatic heterocycles. The van der Waals surface area contributed by atoms with Gasteiger partial charge in [-0.15, -0.1) is 0 Å². The fraction of sp³-hybridized carbons (Fsp3) is 0.917. The van der Waals surface area contributed by atoms with E-state index in [0.29, 0.717) is 19.8 Å². The molecule has 0 heterocycles. The molecule has 1 saturated carbocycles. The van der Waals surface area contributed by atoms with E-state index in [2.05, 4.69) is 10.6 Å². The lowest BCUT2D eigenvalue weighted by Crippen LogP contribution is -2.41. The first kappa shape index (κ1) is 14.4. The second-order valence-corrected chi connectivity index (χ2v) is 4.62. The molecule has 0 spiro atoms. The van der Waals surface area contributed by atoms with E-state index in [-0.39, 0.29) is 11.9 Å². The van der Waals surface area contributed by atoms with Crippen molar-refractivity contribution >= 4 is 5.91 Å². The predicted octanol–water partition coefficient (Wildman–Crippen LogP) is 0.154. The van der Waals surface area contributed by atoms with Crippen molar-refractivity contribution in [2.24, 2.45) is 5.92 Å². The molecule has 1 aliphatic carbocycles. The van der Waals surface area contributed by atoms with Crippen LogP contribution < -0.4 is 10.6 Å². The van der Waals surface area contributed by atoms with Crippen LogP contribution in [0.15, 0.2) is 0 Å². The zero-order chi connectivity index (χ0) is 12.5. The van der Waals surface area contributed by atoms with Crippen molar-refractivity contribution < 1.29 is 14.3 Å². The summed E-state index contributed by atoms with van der Waals surface area (Å²) in [6.07, 6.45) is 2.63. The van der Waals surface area contributed by atoms with Gasteiger partial charge in [-0.2, -0.15) is 0 Å². The highest BCUT2D eigenvalue weighted by atomic mass is 16.5. The van der Waals surface area contributed by atoms with Gasteiger partial charge in [0.05, 0.1) is 19.8 Å². The van der Waals surface area contributed by atoms with Crippen molar-refractivity contribution in [3.63, 3.8) is 0 Å². The maximum atomic E-state index is 11.4. The Morgan fingerprint density at radius 1 is 1.47 bits per heavy atom. The van der Waals surface area contributed by atoms with Crippen LogP contribution in [0.3, 0.4) is 0 Å². The number of nitrogens with one attached hydrogen (secondary N) is 2. The fourth-order valence-corrected chi connectivity index (χ4v) is 1.50. The number of rotatable bonds is 10. The molecule has 0 bridgehead atoms. The molecular formula is C12H24N2O3. The molecule has 5 nitrogen and oxygen atoms in total. The van der Waals surface area contributed by atoms with Crippen molar-refractivity contribution in [1.29, 1.82) is 0 Å². The molecule has 1 unspecified atom stereocenters. The fourth-order valence-electron chi connectivity index (χ4n) is 1.50. The van der Waals surface area contributed by atoms with Gasteiger partial charge in [0, 0.05) is 26.3 Å². The molecule has 0 saturated heterocycles. The third-order valence-electron chi connectivity index (χ3n) is 2.58. The van der Waals surface area contributed by atoms with Crippen molar-refractivity contribution in [2.75, 3.05) is 40.0 Å². The summed E-state index contributed by atoms with van der Waals surface area (Å²) in [6.45, 7) is 5.06. The highest BCUT2D eigenvalue weighted by Gasteiger charge is 2.20. The average Bonchev–Trinajstić information content (AvgIpc) is 3.07. The van der Waals surface area contributed by atoms with E-state index in [4.69, 9.17) is 9.47 Å². The van der Waals surface area contributed by atoms with E-state index in [1.54, 1.807) is 7.11 Å². The van der Waals surface area contributed by atoms with Crippen LogP contribution in [0.25, 0.3) is 0 Å². The Hall–Kier alpha value is -0.650. The van der Waals surface area contributed by atoms with E-state index in [9.17, 15) is 4.79 Å². The molecule has 5 heteroatoms. The van der Waals surface area contributed by atoms with E-state index >= 15 is 0 Å². The monoisotopic (exact) mass is 244 g/mol. The normalized spacial score (nSPS) is 16.8. The van der Waals surface area contributed by atoms with Gasteiger partial charge in [0.25, 0.3) is 0 Å². The summed E-state index contributed by atoms with van der Waals surface area (Å²) in [5, 5.41) is 5.88. The Morgan fingerprint density at radius 3 is 2.88 bits per heavy atom. The minimum atomic E-state index is -0.00302. The minimum absolute atomic E-state index is 0.00302. The number of methoxy groups -OCH3 is 1. The summed E-state index contributed by atoms with van der Waals surface area (Å²) in [5.41, 5.74) is 0. The van der Waals surface area contributed by atoms with Gasteiger partial charge in [-0.3, -0.25) is 4.79 Å². The Balaban J connectivity index is 1.85. The van der Waals surface area contributed by atoms with Gasteiger partial charge >= 0.3 is 0 Å². The van der Waals surface area contributed by atoms with Crippen molar-refractivity contribution in [3.05, 3.63) is 0 Å². The van der Waals surface area contributed by atoms with E-state index < -0.39 is 0 Å². The quantitative estimate of drug-likeness (QED) is 0.537. The zero-order valence-corrected chi connectivity index (χ0v) is 10.8. The smallest absolute Gasteiger partial charge is 0.234 e. The molecule has 0 aliphatic heterocycles. The SMILES string of the molecule is COCC(C)NC(=O)CNCCOCC1CC1. The molecule has 0 radical (unpaired) electrons. The van der Waals surface area contributed by atoms with Gasteiger partial charge in [-0.25, -0.2) is 0 Å². The molecule has 0 aromatic rings. The molecule has 1 rings (SSSR count). The number of ether oxygens (including phenoxy) is 2. The van der Waals surface area contributed by atoms with Crippen molar-refractivity contribution in [2.45, 2.75) is 25.8 Å². The van der Waals surface area contributed by atoms with Crippen molar-refractivity contribution in [1.82, 2.24) is 10.6 Å². The van der Waals surface area contributed by atoms with Crippen LogP contribution in [0, 0.1) is 5.92 Å². The maximum Gasteiger partial charge on any atom is 0.234 e. The average molecular weight is 244 g/mol. The standard InChI is InChI=1S/C12H24N2O3/c1-10(8-16-2)14-12(15)7-13-5-6-17-9-11-3-4-11/h10-11,13H,3-9H2,1-2H3,(H,14,15). The third-order valence-corrected chi connectivity index (χ3v) is 2.58. The summed E-state index contributed by atoms with van der Waals surface area (Å²) in [4.78, 5) is 11.4. The first-order chi connectivity index (χ1) is 8.22. The van der Waals surface area contributed by atoms with E-state index in [1.807, 2.05) is 6.92 Å². The van der Waals surface area contributed by atoms with Crippen LogP contribution >= 0.6 is 0 Å². The first-order valence-electron chi connectivity index (χ1n) is 6.29. The zero-order valence-electron chi connectivity index (χ0n) is 10.8. The van der Waals surface area contributed by atoms with Crippen LogP contribution in [0.5, 0.6) is 0 Å². The Kier molecular flexibility index (Phi) is 7.16. The van der Waals surface area contributed by atoms with Crippen LogP contribution in [-0.4, -0.2) is 52.0 Å². The van der Waals surface area contributed by atoms with Gasteiger partial charge in [0.1, 0.15) is 0 Å². The van der Waals surface area contributed by atoms with Gasteiger partial charge in [-0.05, 0) is 25.7 Å². The maximum absolute atomic E-state index is 11.4. The first-order valence-corrected chi connectivity index (χ1v) is 6.29. The Bertz CT molecular complexity index is 220. The van der Waals surface area contributed by atoms with Crippen molar-refractivity contribution in [3.8, 4) is 0 Å². The number of carbonyl (C=O) groups excluding carboxylic acids is 1. The number of hydrogen-bond acceptors (Lipinski definition) is 4. The topological polar surface area (TPSA) is 59.6 Å². The highest BCUT2D eigenvalue weighted by Crippen LogP contribution is 2.28. The van der Waals surface area contributed by atoms with Crippen LogP contribution in [0.2, 0.25) is 0 Å². The predicted molar refractivity (Wildman–Crippen MR) is 65.9 cm³/mol. The van der Waals surface area contributed by atoms with E-state index in [0.717, 1.165) is 19.1 Å². The second-order valence-electron chi connectivity index (χ2n) is 4.62. The molecule has 1 fully saturated rings. The highest BCUT2D eigenvalue weighted by molar-refractivity contribution is 5.78. The lowest BCUT2D eigenvalue weighted by atomic mass is 10.3. The van der Waals surface area contributed by atoms with Crippen LogP contribution in [-0.2, 0) is 14.3 Å². The molecule has 1 atom stereocenters. The minimum Gasteiger partial charge on any atom is -0.383 e. The van der Waals surface area contributed by atoms with E-state index in [1.165, 1.54) is 12.8 Å². The molecule has 1 aliphatic rings. The number of hydrogen-bond donors (Lipinski definition) is 2. The lowest BCUT2D eigenvalue weighted by molar-refractivity contribution is -0.121. The van der Waals surface area contributed by atoms with Gasteiger partial charge in [0.2, 0.25) is 5.91 Å². The second kappa shape index (κ2) is 8.44. The summed E-state index contributed by atoms with van der Waals surface area (Å²) >= 11 is 0. The van der Waals surface area contributed by atoms with Gasteiger partial charge < -0.3 is 20.1 Å². The third kappa shape index (κ3) is 8.12. The molecule has 1 amide bonds. The van der Waals surface area contributed by atoms with Crippen LogP contribution in [0.4, 0.5) is 0 Å². The summed E-state index contributed by atoms with van der Waals surface area (Å²) < 4.78 is 10.4. The Labute approximate surface area is 103 Å². The van der Waals surface area contributed by atoms with Gasteiger partial charge in [-0.1, -0.05) is 0 Å². The molecule has 2 N–H and O–H groups in total. The molecular weight excluding hydrogens is 220 g/mol. The van der Waals surface area contributed by atoms with Gasteiger partial charge in [0.15, 0.2) is 0 Å². The number of carbonyl (C=O) groups is 1. The molecule has 100 valence electrons. The summed E-state index contributed by atoms with van der Waals surface area (Å²) in [6, 6.07) is 0.0559. The largest absolute Gasteiger partial charge is 0.383 e. The molecule has 0 aromatic carbocycles. The molecule has 17 heavy (non-hydrogen) atoms. The Morgan fingerprint density at radius 2 is 2.24 bits per heavy atom. The number of amides is 1. The summed E-state index contributed by atoms with van der Waals surface area (Å²) in [7, 11) is 1.62. The van der Waals surface area contributed by atoms with Crippen LogP contribution in [0.1, 0.15) is 19.8 Å².